The Morgan fingerprint density at radius 2 is 1.57 bits per heavy atom. The van der Waals surface area contributed by atoms with Crippen LogP contribution in [-0.2, 0) is 27.8 Å². The molecular weight excluding hydrogens is 579 g/mol. The molecule has 0 aromatic carbocycles. The summed E-state index contributed by atoms with van der Waals surface area (Å²) in [6.45, 7) is -0.444. The van der Waals surface area contributed by atoms with Crippen LogP contribution < -0.4 is 11.1 Å². The van der Waals surface area contributed by atoms with Crippen LogP contribution in [0.1, 0.15) is 18.9 Å². The zero-order valence-corrected chi connectivity index (χ0v) is 22.8. The molecule has 0 amide bonds. The van der Waals surface area contributed by atoms with Crippen molar-refractivity contribution in [2.45, 2.75) is 55.5 Å². The number of aliphatic hydroxyl groups excluding tert-OH is 2. The second kappa shape index (κ2) is 10.4. The van der Waals surface area contributed by atoms with Crippen LogP contribution >= 0.6 is 7.82 Å². The van der Waals surface area contributed by atoms with E-state index in [9.17, 15) is 19.7 Å². The molecule has 7 rings (SSSR count). The molecule has 6 N–H and O–H groups in total. The molecule has 9 atom stereocenters. The van der Waals surface area contributed by atoms with Crippen molar-refractivity contribution in [3.8, 4) is 0 Å². The number of phosphoric acid groups is 1. The predicted molar refractivity (Wildman–Crippen MR) is 139 cm³/mol. The van der Waals surface area contributed by atoms with E-state index in [1.165, 1.54) is 34.4 Å². The lowest BCUT2D eigenvalue weighted by Gasteiger charge is -2.23. The summed E-state index contributed by atoms with van der Waals surface area (Å²) in [5, 5.41) is 25.3. The summed E-state index contributed by atoms with van der Waals surface area (Å²) in [7, 11) is -3.07. The van der Waals surface area contributed by atoms with Crippen molar-refractivity contribution in [3.63, 3.8) is 0 Å². The van der Waals surface area contributed by atoms with Crippen molar-refractivity contribution in [1.29, 1.82) is 0 Å². The average Bonchev–Trinajstić information content (AvgIpc) is 3.73. The van der Waals surface area contributed by atoms with E-state index in [1.807, 2.05) is 0 Å². The predicted octanol–water partition coefficient (Wildman–Crippen LogP) is -0.902. The number of imidazole rings is 2. The lowest BCUT2D eigenvalue weighted by atomic mass is 10.1. The van der Waals surface area contributed by atoms with Crippen LogP contribution in [-0.4, -0.2) is 111 Å². The van der Waals surface area contributed by atoms with Gasteiger partial charge in [-0.1, -0.05) is 0 Å². The number of aromatic nitrogens is 8. The first kappa shape index (κ1) is 27.4. The Morgan fingerprint density at radius 3 is 2.31 bits per heavy atom. The van der Waals surface area contributed by atoms with Gasteiger partial charge in [-0.2, -0.15) is 0 Å². The van der Waals surface area contributed by atoms with E-state index in [0.717, 1.165) is 0 Å². The van der Waals surface area contributed by atoms with Gasteiger partial charge in [-0.3, -0.25) is 18.2 Å². The van der Waals surface area contributed by atoms with E-state index in [2.05, 4.69) is 35.2 Å². The Labute approximate surface area is 236 Å². The van der Waals surface area contributed by atoms with Gasteiger partial charge in [-0.15, -0.1) is 0 Å². The summed E-state index contributed by atoms with van der Waals surface area (Å²) in [6.07, 6.45) is -3.30. The number of anilines is 2. The molecule has 0 saturated carbocycles. The molecular formula is C22H27N10O9P. The summed E-state index contributed by atoms with van der Waals surface area (Å²) in [4.78, 5) is 35.6. The first-order valence-corrected chi connectivity index (χ1v) is 14.5. The van der Waals surface area contributed by atoms with Gasteiger partial charge >= 0.3 is 7.82 Å². The number of hydrogen-bond donors (Lipinski definition) is 5. The SMILES string of the molecule is CNc1ncnc2c1ncn2C1OC2COP(=O)(O)OC3C(CCOC2C1O)OC(n1cnc2c(N)ncnc21)C3O. The number of aliphatic hydroxyl groups is 2. The van der Waals surface area contributed by atoms with Crippen LogP contribution in [0.3, 0.4) is 0 Å². The summed E-state index contributed by atoms with van der Waals surface area (Å²) >= 11 is 0. The zero-order chi connectivity index (χ0) is 29.2. The highest BCUT2D eigenvalue weighted by molar-refractivity contribution is 7.47. The minimum atomic E-state index is -4.77. The maximum Gasteiger partial charge on any atom is 0.472 e. The van der Waals surface area contributed by atoms with Gasteiger partial charge in [0, 0.05) is 13.7 Å². The number of phosphoric ester groups is 1. The van der Waals surface area contributed by atoms with E-state index in [1.54, 1.807) is 7.05 Å². The van der Waals surface area contributed by atoms with Crippen LogP contribution in [0, 0.1) is 0 Å². The third-order valence-electron chi connectivity index (χ3n) is 7.52. The van der Waals surface area contributed by atoms with Crippen molar-refractivity contribution in [3.05, 3.63) is 25.3 Å². The molecule has 0 aliphatic carbocycles. The largest absolute Gasteiger partial charge is 0.472 e. The number of nitrogens with zero attached hydrogens (tertiary/aromatic N) is 8. The van der Waals surface area contributed by atoms with Crippen LogP contribution in [0.2, 0.25) is 0 Å². The number of ether oxygens (including phenoxy) is 3. The van der Waals surface area contributed by atoms with Gasteiger partial charge in [0.1, 0.15) is 54.2 Å². The van der Waals surface area contributed by atoms with E-state index >= 15 is 0 Å². The molecule has 19 nitrogen and oxygen atoms in total. The summed E-state index contributed by atoms with van der Waals surface area (Å²) in [6, 6.07) is 0. The molecule has 4 aromatic heterocycles. The molecule has 4 aromatic rings. The van der Waals surface area contributed by atoms with Gasteiger partial charge in [-0.05, 0) is 6.42 Å². The average molecular weight is 606 g/mol. The summed E-state index contributed by atoms with van der Waals surface area (Å²) in [5.74, 6) is 0.633. The molecule has 0 bridgehead atoms. The lowest BCUT2D eigenvalue weighted by molar-refractivity contribution is -0.0723. The van der Waals surface area contributed by atoms with Gasteiger partial charge in [0.25, 0.3) is 0 Å². The maximum absolute atomic E-state index is 13.0. The molecule has 224 valence electrons. The molecule has 3 aliphatic heterocycles. The monoisotopic (exact) mass is 606 g/mol. The van der Waals surface area contributed by atoms with Crippen LogP contribution in [0.25, 0.3) is 22.3 Å². The van der Waals surface area contributed by atoms with Gasteiger partial charge in [0.2, 0.25) is 0 Å². The molecule has 7 heterocycles. The Hall–Kier alpha value is -3.39. The fourth-order valence-electron chi connectivity index (χ4n) is 5.55. The van der Waals surface area contributed by atoms with Crippen LogP contribution in [0.15, 0.2) is 25.3 Å². The molecule has 3 saturated heterocycles. The highest BCUT2D eigenvalue weighted by Gasteiger charge is 2.52. The quantitative estimate of drug-likeness (QED) is 0.177. The van der Waals surface area contributed by atoms with E-state index < -0.39 is 63.5 Å². The molecule has 9 unspecified atom stereocenters. The van der Waals surface area contributed by atoms with Gasteiger partial charge in [0.15, 0.2) is 35.4 Å². The Balaban J connectivity index is 1.14. The van der Waals surface area contributed by atoms with Gasteiger partial charge < -0.3 is 40.4 Å². The number of nitrogens with one attached hydrogen (secondary N) is 1. The molecule has 20 heteroatoms. The minimum absolute atomic E-state index is 0.0184. The smallest absolute Gasteiger partial charge is 0.386 e. The molecule has 3 fully saturated rings. The van der Waals surface area contributed by atoms with Gasteiger partial charge in [0.05, 0.1) is 25.4 Å². The summed E-state index contributed by atoms with van der Waals surface area (Å²) < 4.78 is 44.9. The Kier molecular flexibility index (Phi) is 6.80. The standard InChI is InChI=1S/C22H27N10O9P/c1-24-18-12-20(28-6-26-18)32(8-30-12)21-13(33)15-10(40-21)4-38-42(35,36)41-16-9(2-3-37-15)39-22(14(16)34)31-7-29-11-17(23)25-5-27-19(11)31/h5-10,13-16,21-22,33-34H,2-4H2,1H3,(H,35,36)(H2,23,25,27)(H,24,26,28). The maximum atomic E-state index is 13.0. The number of hydrogen-bond acceptors (Lipinski definition) is 16. The topological polar surface area (TPSA) is 249 Å². The van der Waals surface area contributed by atoms with Crippen molar-refractivity contribution >= 4 is 41.8 Å². The van der Waals surface area contributed by atoms with E-state index in [-0.39, 0.29) is 18.8 Å². The lowest BCUT2D eigenvalue weighted by Crippen LogP contribution is -2.37. The van der Waals surface area contributed by atoms with Crippen molar-refractivity contribution in [1.82, 2.24) is 39.0 Å². The first-order chi connectivity index (χ1) is 20.3. The number of fused-ring (bicyclic) bond motifs is 4. The third kappa shape index (κ3) is 4.50. The molecule has 0 radical (unpaired) electrons. The highest BCUT2D eigenvalue weighted by atomic mass is 31.2. The van der Waals surface area contributed by atoms with Crippen LogP contribution in [0.4, 0.5) is 11.6 Å². The Bertz CT molecular complexity index is 1670. The van der Waals surface area contributed by atoms with Crippen molar-refractivity contribution in [2.24, 2.45) is 0 Å². The van der Waals surface area contributed by atoms with Crippen molar-refractivity contribution < 1.29 is 42.9 Å². The fourth-order valence-corrected chi connectivity index (χ4v) is 6.52. The number of nitrogen functional groups attached to an aromatic ring is 1. The molecule has 0 spiro atoms. The van der Waals surface area contributed by atoms with Crippen molar-refractivity contribution in [2.75, 3.05) is 31.3 Å². The fraction of sp³-hybridized carbons (Fsp3) is 0.545. The molecule has 3 aliphatic rings. The molecule has 42 heavy (non-hydrogen) atoms. The van der Waals surface area contributed by atoms with Crippen LogP contribution in [0.5, 0.6) is 0 Å². The Morgan fingerprint density at radius 1 is 0.929 bits per heavy atom. The van der Waals surface area contributed by atoms with Gasteiger partial charge in [-0.25, -0.2) is 34.5 Å². The summed E-state index contributed by atoms with van der Waals surface area (Å²) in [5.41, 5.74) is 7.35. The number of rotatable bonds is 3. The second-order valence-electron chi connectivity index (χ2n) is 9.95. The highest BCUT2D eigenvalue weighted by Crippen LogP contribution is 2.50. The normalized spacial score (nSPS) is 35.6. The second-order valence-corrected chi connectivity index (χ2v) is 11.4. The minimum Gasteiger partial charge on any atom is -0.386 e. The third-order valence-corrected chi connectivity index (χ3v) is 8.50. The number of nitrogens with two attached hydrogens (primary N) is 1. The van der Waals surface area contributed by atoms with E-state index in [4.69, 9.17) is 29.0 Å². The first-order valence-electron chi connectivity index (χ1n) is 13.0. The van der Waals surface area contributed by atoms with E-state index in [0.29, 0.717) is 28.1 Å². The zero-order valence-electron chi connectivity index (χ0n) is 21.9.